The third-order valence-corrected chi connectivity index (χ3v) is 7.01. The quantitative estimate of drug-likeness (QED) is 0.386. The summed E-state index contributed by atoms with van der Waals surface area (Å²) >= 11 is 0. The summed E-state index contributed by atoms with van der Waals surface area (Å²) in [5.74, 6) is -0.370. The van der Waals surface area contributed by atoms with E-state index in [-0.39, 0.29) is 23.5 Å². The molecule has 2 aliphatic heterocycles. The van der Waals surface area contributed by atoms with Crippen LogP contribution in [0.2, 0.25) is 0 Å². The number of nitrogens with zero attached hydrogens (tertiary/aromatic N) is 2. The molecule has 0 radical (unpaired) electrons. The lowest BCUT2D eigenvalue weighted by Gasteiger charge is -2.22. The van der Waals surface area contributed by atoms with Crippen LogP contribution in [0.1, 0.15) is 73.6 Å². The molecule has 1 aliphatic carbocycles. The Morgan fingerprint density at radius 1 is 1.17 bits per heavy atom. The molecule has 1 unspecified atom stereocenters. The number of pyridine rings is 2. The van der Waals surface area contributed by atoms with Gasteiger partial charge in [0.2, 0.25) is 0 Å². The number of rotatable bonds is 1. The Bertz CT molecular complexity index is 1410. The van der Waals surface area contributed by atoms with Gasteiger partial charge in [-0.1, -0.05) is 27.7 Å². The van der Waals surface area contributed by atoms with E-state index >= 15 is 0 Å². The van der Waals surface area contributed by atoms with Crippen LogP contribution in [0, 0.1) is 18.7 Å². The highest BCUT2D eigenvalue weighted by Crippen LogP contribution is 2.41. The largest absolute Gasteiger partial charge is 0.458 e. The molecular weight excluding hydrogens is 461 g/mol. The molecule has 3 aromatic rings. The number of esters is 1. The molecular formula is C28H34FN3O4. The zero-order valence-corrected chi connectivity index (χ0v) is 21.6. The molecule has 1 aromatic carbocycles. The average Bonchev–Trinajstić information content (AvgIpc) is 3.25. The van der Waals surface area contributed by atoms with Gasteiger partial charge in [-0.3, -0.25) is 4.79 Å². The number of cyclic esters (lactones) is 1. The number of ether oxygens (including phenoxy) is 1. The van der Waals surface area contributed by atoms with Gasteiger partial charge in [-0.2, -0.15) is 0 Å². The molecule has 0 saturated carbocycles. The first-order chi connectivity index (χ1) is 17.2. The smallest absolute Gasteiger partial charge is 0.340 e. The van der Waals surface area contributed by atoms with Gasteiger partial charge in [-0.05, 0) is 61.4 Å². The van der Waals surface area contributed by atoms with Crippen molar-refractivity contribution in [1.29, 1.82) is 0 Å². The molecule has 6 rings (SSSR count). The molecule has 3 N–H and O–H groups in total. The fourth-order valence-electron chi connectivity index (χ4n) is 5.06. The fraction of sp³-hybridized carbons (Fsp3) is 0.464. The topological polar surface area (TPSA) is 107 Å². The normalized spacial score (nSPS) is 16.8. The Morgan fingerprint density at radius 2 is 1.83 bits per heavy atom. The highest BCUT2D eigenvalue weighted by molar-refractivity contribution is 5.92. The summed E-state index contributed by atoms with van der Waals surface area (Å²) in [6.45, 7) is 11.0. The van der Waals surface area contributed by atoms with Gasteiger partial charge in [-0.15, -0.1) is 0 Å². The highest BCUT2D eigenvalue weighted by Gasteiger charge is 2.35. The molecule has 0 amide bonds. The van der Waals surface area contributed by atoms with Crippen molar-refractivity contribution in [2.75, 3.05) is 6.54 Å². The minimum Gasteiger partial charge on any atom is -0.458 e. The van der Waals surface area contributed by atoms with Crippen molar-refractivity contribution in [2.24, 2.45) is 11.7 Å². The number of aryl methyl sites for hydroxylation is 2. The Hall–Kier alpha value is -3.10. The Balaban J connectivity index is 0.000000391. The maximum absolute atomic E-state index is 14.5. The summed E-state index contributed by atoms with van der Waals surface area (Å²) in [7, 11) is 0. The number of aliphatic hydroxyl groups excluding tert-OH is 1. The zero-order valence-electron chi connectivity index (χ0n) is 21.6. The lowest BCUT2D eigenvalue weighted by atomic mass is 9.85. The highest BCUT2D eigenvalue weighted by atomic mass is 19.1. The standard InChI is InChI=1S/C22H17FN2O4.C4H11N.C2H6/c1-9-10-3-2-4-11-13-7-25-17(19(13)24-16(18(10)11)6-15(9)23)5-12-14(21(25)27)8-29-22(28)20(12)26;1-4(2)3-5;1-2/h5-6,20,26H,2-4,7-8H2,1H3;4H,3,5H2,1-2H3;1-2H3. The van der Waals surface area contributed by atoms with Gasteiger partial charge in [-0.25, -0.2) is 14.2 Å². The Morgan fingerprint density at radius 3 is 2.50 bits per heavy atom. The molecule has 192 valence electrons. The van der Waals surface area contributed by atoms with Gasteiger partial charge in [0.05, 0.1) is 29.0 Å². The fourth-order valence-corrected chi connectivity index (χ4v) is 5.06. The van der Waals surface area contributed by atoms with Crippen LogP contribution in [0.25, 0.3) is 22.3 Å². The summed E-state index contributed by atoms with van der Waals surface area (Å²) in [4.78, 5) is 29.6. The van der Waals surface area contributed by atoms with Crippen molar-refractivity contribution in [3.8, 4) is 11.4 Å². The maximum Gasteiger partial charge on any atom is 0.340 e. The van der Waals surface area contributed by atoms with Crippen molar-refractivity contribution >= 4 is 16.9 Å². The molecule has 1 atom stereocenters. The summed E-state index contributed by atoms with van der Waals surface area (Å²) in [6.07, 6.45) is 1.12. The van der Waals surface area contributed by atoms with E-state index in [1.54, 1.807) is 17.6 Å². The number of carbonyl (C=O) groups excluding carboxylic acids is 1. The molecule has 0 bridgehead atoms. The minimum absolute atomic E-state index is 0.141. The molecule has 2 aromatic heterocycles. The number of hydrogen-bond acceptors (Lipinski definition) is 6. The van der Waals surface area contributed by atoms with Gasteiger partial charge in [0.15, 0.2) is 6.10 Å². The average molecular weight is 496 g/mol. The molecule has 8 heteroatoms. The van der Waals surface area contributed by atoms with Gasteiger partial charge in [0.1, 0.15) is 12.4 Å². The summed E-state index contributed by atoms with van der Waals surface area (Å²) in [5.41, 5.74) is 11.0. The monoisotopic (exact) mass is 495 g/mol. The van der Waals surface area contributed by atoms with Crippen LogP contribution in [0.3, 0.4) is 0 Å². The van der Waals surface area contributed by atoms with Gasteiger partial charge in [0, 0.05) is 22.6 Å². The molecule has 36 heavy (non-hydrogen) atoms. The first kappa shape index (κ1) is 26.0. The summed E-state index contributed by atoms with van der Waals surface area (Å²) < 4.78 is 21.1. The third kappa shape index (κ3) is 4.12. The second kappa shape index (κ2) is 10.1. The molecule has 7 nitrogen and oxygen atoms in total. The van der Waals surface area contributed by atoms with Crippen LogP contribution < -0.4 is 11.3 Å². The minimum atomic E-state index is -1.48. The van der Waals surface area contributed by atoms with Crippen LogP contribution in [0.15, 0.2) is 16.9 Å². The number of hydrogen-bond donors (Lipinski definition) is 2. The first-order valence-corrected chi connectivity index (χ1v) is 12.7. The van der Waals surface area contributed by atoms with E-state index in [2.05, 4.69) is 13.8 Å². The first-order valence-electron chi connectivity index (χ1n) is 12.7. The predicted molar refractivity (Wildman–Crippen MR) is 137 cm³/mol. The van der Waals surface area contributed by atoms with E-state index in [1.165, 1.54) is 6.07 Å². The van der Waals surface area contributed by atoms with Crippen molar-refractivity contribution in [3.05, 3.63) is 61.7 Å². The number of carbonyl (C=O) groups is 1. The van der Waals surface area contributed by atoms with Crippen LogP contribution in [-0.2, 0) is 35.5 Å². The number of fused-ring (bicyclic) bond motifs is 5. The molecule has 0 fully saturated rings. The second-order valence-corrected chi connectivity index (χ2v) is 9.62. The van der Waals surface area contributed by atoms with Crippen molar-refractivity contribution in [2.45, 2.75) is 73.1 Å². The van der Waals surface area contributed by atoms with E-state index < -0.39 is 12.1 Å². The Labute approximate surface area is 210 Å². The summed E-state index contributed by atoms with van der Waals surface area (Å²) in [6, 6.07) is 3.13. The van der Waals surface area contributed by atoms with Crippen molar-refractivity contribution < 1.29 is 19.0 Å². The molecule has 0 saturated heterocycles. The van der Waals surface area contributed by atoms with Crippen molar-refractivity contribution in [3.63, 3.8) is 0 Å². The van der Waals surface area contributed by atoms with E-state index in [4.69, 9.17) is 15.5 Å². The summed E-state index contributed by atoms with van der Waals surface area (Å²) in [5, 5.41) is 11.2. The molecule has 0 spiro atoms. The Kier molecular flexibility index (Phi) is 7.29. The van der Waals surface area contributed by atoms with Crippen LogP contribution in [-0.4, -0.2) is 27.2 Å². The van der Waals surface area contributed by atoms with Crippen LogP contribution >= 0.6 is 0 Å². The number of benzene rings is 1. The lowest BCUT2D eigenvalue weighted by Crippen LogP contribution is -2.32. The van der Waals surface area contributed by atoms with E-state index in [0.29, 0.717) is 40.5 Å². The lowest BCUT2D eigenvalue weighted by molar-refractivity contribution is -0.157. The zero-order chi connectivity index (χ0) is 26.3. The van der Waals surface area contributed by atoms with E-state index in [9.17, 15) is 19.1 Å². The van der Waals surface area contributed by atoms with Crippen LogP contribution in [0.4, 0.5) is 4.39 Å². The predicted octanol–water partition coefficient (Wildman–Crippen LogP) is 4.08. The van der Waals surface area contributed by atoms with Crippen molar-refractivity contribution in [1.82, 2.24) is 9.55 Å². The molecule has 3 aliphatic rings. The molecule has 4 heterocycles. The van der Waals surface area contributed by atoms with Gasteiger partial charge >= 0.3 is 5.97 Å². The van der Waals surface area contributed by atoms with E-state index in [1.807, 2.05) is 13.8 Å². The number of nitrogens with two attached hydrogens (primary N) is 1. The van der Waals surface area contributed by atoms with Gasteiger partial charge in [0.25, 0.3) is 5.56 Å². The number of aliphatic hydroxyl groups is 1. The maximum atomic E-state index is 14.5. The third-order valence-electron chi connectivity index (χ3n) is 7.01. The van der Waals surface area contributed by atoms with Gasteiger partial charge < -0.3 is 20.1 Å². The SMILES string of the molecule is CC.CC(C)CN.Cc1c(F)cc2nc3c(c4c2c1CCC4)Cn1c-3cc2c(c1=O)COC(=O)C2O. The van der Waals surface area contributed by atoms with Crippen LogP contribution in [0.5, 0.6) is 0 Å². The number of halogens is 1. The second-order valence-electron chi connectivity index (χ2n) is 9.62. The van der Waals surface area contributed by atoms with E-state index in [0.717, 1.165) is 47.9 Å². The number of aromatic nitrogens is 2.